The largest absolute Gasteiger partial charge is 0.383 e. The zero-order chi connectivity index (χ0) is 10.8. The first-order chi connectivity index (χ1) is 7.73. The fraction of sp³-hybridized carbons (Fsp3) is 0.769. The van der Waals surface area contributed by atoms with Crippen LogP contribution in [0.4, 0.5) is 5.82 Å². The summed E-state index contributed by atoms with van der Waals surface area (Å²) in [6, 6.07) is 0. The zero-order valence-corrected chi connectivity index (χ0v) is 10.3. The van der Waals surface area contributed by atoms with Crippen molar-refractivity contribution in [2.45, 2.75) is 43.9 Å². The van der Waals surface area contributed by atoms with Gasteiger partial charge in [0.1, 0.15) is 10.8 Å². The molecule has 0 saturated heterocycles. The molecular weight excluding hydrogens is 216 g/mol. The summed E-state index contributed by atoms with van der Waals surface area (Å²) in [7, 11) is 0. The van der Waals surface area contributed by atoms with E-state index in [1.165, 1.54) is 43.5 Å². The Labute approximate surface area is 100 Å². The van der Waals surface area contributed by atoms with Crippen LogP contribution >= 0.6 is 11.3 Å². The van der Waals surface area contributed by atoms with E-state index in [-0.39, 0.29) is 0 Å². The lowest BCUT2D eigenvalue weighted by Gasteiger charge is -2.56. The van der Waals surface area contributed by atoms with E-state index < -0.39 is 0 Å². The molecule has 16 heavy (non-hydrogen) atoms. The Hall–Kier alpha value is -0.570. The molecule has 4 aliphatic carbocycles. The molecule has 1 heterocycles. The number of aromatic nitrogens is 1. The van der Waals surface area contributed by atoms with Crippen molar-refractivity contribution in [1.29, 1.82) is 0 Å². The molecule has 4 bridgehead atoms. The Bertz CT molecular complexity index is 388. The average Bonchev–Trinajstić information content (AvgIpc) is 2.63. The van der Waals surface area contributed by atoms with Gasteiger partial charge in [-0.25, -0.2) is 4.98 Å². The molecule has 4 aliphatic rings. The maximum Gasteiger partial charge on any atom is 0.134 e. The quantitative estimate of drug-likeness (QED) is 0.810. The third-order valence-corrected chi connectivity index (χ3v) is 6.12. The van der Waals surface area contributed by atoms with Gasteiger partial charge in [0.15, 0.2) is 0 Å². The maximum atomic E-state index is 5.80. The van der Waals surface area contributed by atoms with Gasteiger partial charge in [-0.15, -0.1) is 11.3 Å². The highest BCUT2D eigenvalue weighted by Crippen LogP contribution is 2.61. The van der Waals surface area contributed by atoms with Gasteiger partial charge in [0.25, 0.3) is 0 Å². The van der Waals surface area contributed by atoms with Crippen molar-refractivity contribution < 1.29 is 0 Å². The van der Waals surface area contributed by atoms with E-state index in [1.54, 1.807) is 11.3 Å². The van der Waals surface area contributed by atoms with Gasteiger partial charge < -0.3 is 5.73 Å². The predicted octanol–water partition coefficient (Wildman–Crippen LogP) is 3.19. The lowest BCUT2D eigenvalue weighted by atomic mass is 9.50. The standard InChI is InChI=1S/C13H18N2S/c14-11-7-16-12(15-11)13-4-8-1-9(5-13)3-10(2-8)6-13/h7-10H,1-6,14H2. The summed E-state index contributed by atoms with van der Waals surface area (Å²) >= 11 is 1.80. The van der Waals surface area contributed by atoms with Gasteiger partial charge in [-0.05, 0) is 56.3 Å². The van der Waals surface area contributed by atoms with E-state index in [2.05, 4.69) is 4.98 Å². The summed E-state index contributed by atoms with van der Waals surface area (Å²) in [5, 5.41) is 3.37. The van der Waals surface area contributed by atoms with Crippen LogP contribution in [0.5, 0.6) is 0 Å². The molecule has 0 aromatic carbocycles. The van der Waals surface area contributed by atoms with Crippen LogP contribution in [0.3, 0.4) is 0 Å². The highest BCUT2D eigenvalue weighted by molar-refractivity contribution is 7.10. The second kappa shape index (κ2) is 3.00. The van der Waals surface area contributed by atoms with Crippen molar-refractivity contribution in [3.05, 3.63) is 10.4 Å². The number of nitrogens with zero attached hydrogens (tertiary/aromatic N) is 1. The van der Waals surface area contributed by atoms with E-state index in [0.29, 0.717) is 5.41 Å². The zero-order valence-electron chi connectivity index (χ0n) is 9.48. The summed E-state index contributed by atoms with van der Waals surface area (Å²) in [6.07, 6.45) is 8.68. The molecule has 0 unspecified atom stereocenters. The lowest BCUT2D eigenvalue weighted by molar-refractivity contribution is -0.00523. The molecule has 0 spiro atoms. The molecule has 4 saturated carbocycles. The molecule has 0 atom stereocenters. The Morgan fingerprint density at radius 3 is 2.12 bits per heavy atom. The first-order valence-corrected chi connectivity index (χ1v) is 7.33. The molecule has 86 valence electrons. The van der Waals surface area contributed by atoms with Gasteiger partial charge in [-0.3, -0.25) is 0 Å². The highest BCUT2D eigenvalue weighted by Gasteiger charge is 2.52. The van der Waals surface area contributed by atoms with Gasteiger partial charge in [-0.2, -0.15) is 0 Å². The number of anilines is 1. The van der Waals surface area contributed by atoms with E-state index in [9.17, 15) is 0 Å². The van der Waals surface area contributed by atoms with Gasteiger partial charge in [0.2, 0.25) is 0 Å². The van der Waals surface area contributed by atoms with Crippen molar-refractivity contribution >= 4 is 17.2 Å². The lowest BCUT2D eigenvalue weighted by Crippen LogP contribution is -2.48. The van der Waals surface area contributed by atoms with Crippen molar-refractivity contribution in [2.75, 3.05) is 5.73 Å². The van der Waals surface area contributed by atoms with Crippen molar-refractivity contribution in [1.82, 2.24) is 4.98 Å². The normalized spacial score (nSPS) is 45.1. The van der Waals surface area contributed by atoms with Crippen LogP contribution in [-0.2, 0) is 5.41 Å². The number of hydrogen-bond donors (Lipinski definition) is 1. The third-order valence-electron chi connectivity index (χ3n) is 5.01. The Morgan fingerprint density at radius 1 is 1.12 bits per heavy atom. The third kappa shape index (κ3) is 1.21. The molecule has 2 nitrogen and oxygen atoms in total. The first kappa shape index (κ1) is 9.46. The molecule has 1 aromatic rings. The Kier molecular flexibility index (Phi) is 1.78. The van der Waals surface area contributed by atoms with Crippen LogP contribution in [0.1, 0.15) is 43.5 Å². The molecule has 0 radical (unpaired) electrons. The maximum absolute atomic E-state index is 5.80. The topological polar surface area (TPSA) is 38.9 Å². The van der Waals surface area contributed by atoms with E-state index in [4.69, 9.17) is 5.73 Å². The monoisotopic (exact) mass is 234 g/mol. The fourth-order valence-electron chi connectivity index (χ4n) is 4.90. The minimum atomic E-state index is 0.442. The molecule has 4 fully saturated rings. The Morgan fingerprint density at radius 2 is 1.69 bits per heavy atom. The van der Waals surface area contributed by atoms with Crippen LogP contribution in [0.2, 0.25) is 0 Å². The van der Waals surface area contributed by atoms with Crippen LogP contribution in [0.15, 0.2) is 5.38 Å². The number of thiazole rings is 1. The van der Waals surface area contributed by atoms with Gasteiger partial charge >= 0.3 is 0 Å². The summed E-state index contributed by atoms with van der Waals surface area (Å²) < 4.78 is 0. The van der Waals surface area contributed by atoms with Gasteiger partial charge in [-0.1, -0.05) is 0 Å². The second-order valence-electron chi connectivity index (χ2n) is 6.28. The number of hydrogen-bond acceptors (Lipinski definition) is 3. The van der Waals surface area contributed by atoms with E-state index in [0.717, 1.165) is 23.6 Å². The molecule has 0 amide bonds. The molecule has 0 aliphatic heterocycles. The molecule has 3 heteroatoms. The van der Waals surface area contributed by atoms with Gasteiger partial charge in [0.05, 0.1) is 0 Å². The first-order valence-electron chi connectivity index (χ1n) is 6.45. The van der Waals surface area contributed by atoms with Crippen LogP contribution in [0.25, 0.3) is 0 Å². The molecule has 2 N–H and O–H groups in total. The van der Waals surface area contributed by atoms with Crippen molar-refractivity contribution in [2.24, 2.45) is 17.8 Å². The summed E-state index contributed by atoms with van der Waals surface area (Å²) in [6.45, 7) is 0. The smallest absolute Gasteiger partial charge is 0.134 e. The number of nitrogens with two attached hydrogens (primary N) is 1. The van der Waals surface area contributed by atoms with Crippen molar-refractivity contribution in [3.63, 3.8) is 0 Å². The van der Waals surface area contributed by atoms with Crippen molar-refractivity contribution in [3.8, 4) is 0 Å². The van der Waals surface area contributed by atoms with E-state index >= 15 is 0 Å². The predicted molar refractivity (Wildman–Crippen MR) is 66.4 cm³/mol. The highest BCUT2D eigenvalue weighted by atomic mass is 32.1. The second-order valence-corrected chi connectivity index (χ2v) is 7.13. The number of nitrogen functional groups attached to an aromatic ring is 1. The minimum absolute atomic E-state index is 0.442. The summed E-state index contributed by atoms with van der Waals surface area (Å²) in [4.78, 5) is 4.60. The molecule has 5 rings (SSSR count). The molecule has 1 aromatic heterocycles. The SMILES string of the molecule is Nc1csc(C23CC4CC(CC(C4)C2)C3)n1. The minimum Gasteiger partial charge on any atom is -0.383 e. The Balaban J connectivity index is 1.76. The van der Waals surface area contributed by atoms with Crippen LogP contribution < -0.4 is 5.73 Å². The summed E-state index contributed by atoms with van der Waals surface area (Å²) in [5.41, 5.74) is 6.24. The summed E-state index contributed by atoms with van der Waals surface area (Å²) in [5.74, 6) is 3.72. The van der Waals surface area contributed by atoms with Crippen LogP contribution in [0, 0.1) is 17.8 Å². The van der Waals surface area contributed by atoms with E-state index in [1.807, 2.05) is 5.38 Å². The van der Waals surface area contributed by atoms with Crippen LogP contribution in [-0.4, -0.2) is 4.98 Å². The number of rotatable bonds is 1. The average molecular weight is 234 g/mol. The molecular formula is C13H18N2S. The fourth-order valence-corrected chi connectivity index (χ4v) is 5.85. The van der Waals surface area contributed by atoms with Gasteiger partial charge in [0, 0.05) is 10.8 Å².